The lowest BCUT2D eigenvalue weighted by Crippen LogP contribution is -2.26. The van der Waals surface area contributed by atoms with E-state index in [2.05, 4.69) is 15.4 Å². The Balaban J connectivity index is 2.88. The highest BCUT2D eigenvalue weighted by Crippen LogP contribution is 2.14. The molecule has 108 valence electrons. The van der Waals surface area contributed by atoms with Gasteiger partial charge in [0.1, 0.15) is 28.1 Å². The van der Waals surface area contributed by atoms with Crippen molar-refractivity contribution >= 4 is 21.5 Å². The maximum absolute atomic E-state index is 11.1. The van der Waals surface area contributed by atoms with Crippen LogP contribution in [0, 0.1) is 0 Å². The molecule has 0 radical (unpaired) electrons. The Kier molecular flexibility index (Phi) is 5.45. The Morgan fingerprint density at radius 2 is 2.16 bits per heavy atom. The topological polar surface area (TPSA) is 110 Å². The second-order valence-electron chi connectivity index (χ2n) is 4.16. The van der Waals surface area contributed by atoms with Gasteiger partial charge in [-0.15, -0.1) is 0 Å². The molecule has 0 aliphatic heterocycles. The summed E-state index contributed by atoms with van der Waals surface area (Å²) in [5, 5.41) is 0. The van der Waals surface area contributed by atoms with Gasteiger partial charge in [0.15, 0.2) is 5.82 Å². The number of anilines is 2. The van der Waals surface area contributed by atoms with Crippen LogP contribution in [0.5, 0.6) is 0 Å². The highest BCUT2D eigenvalue weighted by Gasteiger charge is 2.10. The van der Waals surface area contributed by atoms with E-state index in [9.17, 15) is 8.42 Å². The van der Waals surface area contributed by atoms with Crippen LogP contribution in [-0.2, 0) is 21.2 Å². The van der Waals surface area contributed by atoms with Crippen molar-refractivity contribution in [2.75, 3.05) is 43.0 Å². The van der Waals surface area contributed by atoms with Gasteiger partial charge in [-0.2, -0.15) is 0 Å². The summed E-state index contributed by atoms with van der Waals surface area (Å²) in [4.78, 5) is 10.1. The predicted octanol–water partition coefficient (Wildman–Crippen LogP) is -0.611. The molecule has 0 aliphatic carbocycles. The molecule has 9 heteroatoms. The fraction of sp³-hybridized carbons (Fsp3) is 0.600. The SMILES string of the molecule is COCc1nc(NN)cc(N(C)CCS(C)(=O)=O)n1. The predicted molar refractivity (Wildman–Crippen MR) is 73.5 cm³/mol. The Bertz CT molecular complexity index is 520. The molecule has 0 unspecified atom stereocenters. The van der Waals surface area contributed by atoms with E-state index in [1.807, 2.05) is 0 Å². The monoisotopic (exact) mass is 289 g/mol. The van der Waals surface area contributed by atoms with Gasteiger partial charge in [0.25, 0.3) is 0 Å². The van der Waals surface area contributed by atoms with E-state index < -0.39 is 9.84 Å². The van der Waals surface area contributed by atoms with Crippen LogP contribution in [0.3, 0.4) is 0 Å². The minimum Gasteiger partial charge on any atom is -0.377 e. The number of nitrogens with one attached hydrogen (secondary N) is 1. The zero-order valence-electron chi connectivity index (χ0n) is 11.3. The summed E-state index contributed by atoms with van der Waals surface area (Å²) in [5.74, 6) is 6.89. The van der Waals surface area contributed by atoms with Crippen molar-refractivity contribution in [2.45, 2.75) is 6.61 Å². The number of rotatable bonds is 7. The fourth-order valence-electron chi connectivity index (χ4n) is 1.36. The van der Waals surface area contributed by atoms with E-state index in [1.54, 1.807) is 25.1 Å². The first-order chi connectivity index (χ1) is 8.85. The van der Waals surface area contributed by atoms with Crippen molar-refractivity contribution in [3.63, 3.8) is 0 Å². The van der Waals surface area contributed by atoms with Gasteiger partial charge in [-0.3, -0.25) is 0 Å². The van der Waals surface area contributed by atoms with Crippen LogP contribution in [-0.4, -0.2) is 51.1 Å². The van der Waals surface area contributed by atoms with E-state index in [0.29, 0.717) is 24.0 Å². The van der Waals surface area contributed by atoms with E-state index in [4.69, 9.17) is 10.6 Å². The molecule has 19 heavy (non-hydrogen) atoms. The van der Waals surface area contributed by atoms with Crippen LogP contribution in [0.4, 0.5) is 11.6 Å². The van der Waals surface area contributed by atoms with Crippen LogP contribution in [0.25, 0.3) is 0 Å². The molecule has 0 aromatic carbocycles. The van der Waals surface area contributed by atoms with Crippen molar-refractivity contribution in [3.8, 4) is 0 Å². The summed E-state index contributed by atoms with van der Waals surface area (Å²) in [6.07, 6.45) is 1.20. The summed E-state index contributed by atoms with van der Waals surface area (Å²) in [7, 11) is 0.282. The fourth-order valence-corrected chi connectivity index (χ4v) is 1.97. The van der Waals surface area contributed by atoms with Gasteiger partial charge >= 0.3 is 0 Å². The van der Waals surface area contributed by atoms with E-state index in [1.165, 1.54) is 6.26 Å². The van der Waals surface area contributed by atoms with Crippen molar-refractivity contribution in [1.82, 2.24) is 9.97 Å². The number of methoxy groups -OCH3 is 1. The zero-order valence-corrected chi connectivity index (χ0v) is 12.1. The van der Waals surface area contributed by atoms with Crippen LogP contribution >= 0.6 is 0 Å². The lowest BCUT2D eigenvalue weighted by Gasteiger charge is -2.18. The molecule has 1 aromatic heterocycles. The Morgan fingerprint density at radius 3 is 2.68 bits per heavy atom. The third-order valence-electron chi connectivity index (χ3n) is 2.37. The second kappa shape index (κ2) is 6.64. The molecule has 0 aliphatic rings. The maximum atomic E-state index is 11.1. The first-order valence-electron chi connectivity index (χ1n) is 5.58. The molecule has 0 saturated heterocycles. The number of ether oxygens (including phenoxy) is 1. The van der Waals surface area contributed by atoms with Gasteiger partial charge in [0, 0.05) is 33.0 Å². The third kappa shape index (κ3) is 5.37. The summed E-state index contributed by atoms with van der Waals surface area (Å²) in [6, 6.07) is 1.64. The lowest BCUT2D eigenvalue weighted by atomic mass is 10.4. The van der Waals surface area contributed by atoms with Crippen LogP contribution in [0.15, 0.2) is 6.07 Å². The van der Waals surface area contributed by atoms with Crippen LogP contribution in [0.1, 0.15) is 5.82 Å². The number of aromatic nitrogens is 2. The van der Waals surface area contributed by atoms with Gasteiger partial charge in [-0.05, 0) is 0 Å². The average molecular weight is 289 g/mol. The largest absolute Gasteiger partial charge is 0.377 e. The molecule has 1 rings (SSSR count). The lowest BCUT2D eigenvalue weighted by molar-refractivity contribution is 0.178. The molecule has 0 saturated carbocycles. The van der Waals surface area contributed by atoms with Gasteiger partial charge in [-0.25, -0.2) is 24.2 Å². The molecule has 0 fully saturated rings. The van der Waals surface area contributed by atoms with Crippen molar-refractivity contribution in [2.24, 2.45) is 5.84 Å². The summed E-state index contributed by atoms with van der Waals surface area (Å²) in [5.41, 5.74) is 2.44. The van der Waals surface area contributed by atoms with Crippen molar-refractivity contribution in [3.05, 3.63) is 11.9 Å². The molecule has 1 heterocycles. The number of nitrogen functional groups attached to an aromatic ring is 1. The average Bonchev–Trinajstić information content (AvgIpc) is 2.35. The Morgan fingerprint density at radius 1 is 1.47 bits per heavy atom. The molecule has 0 spiro atoms. The number of sulfone groups is 1. The third-order valence-corrected chi connectivity index (χ3v) is 3.29. The molecule has 3 N–H and O–H groups in total. The van der Waals surface area contributed by atoms with Crippen molar-refractivity contribution < 1.29 is 13.2 Å². The number of hydrogen-bond acceptors (Lipinski definition) is 8. The Hall–Kier alpha value is -1.45. The van der Waals surface area contributed by atoms with Gasteiger partial charge in [0.2, 0.25) is 0 Å². The first kappa shape index (κ1) is 15.6. The van der Waals surface area contributed by atoms with Gasteiger partial charge < -0.3 is 15.1 Å². The maximum Gasteiger partial charge on any atom is 0.158 e. The van der Waals surface area contributed by atoms with E-state index in [-0.39, 0.29) is 12.4 Å². The van der Waals surface area contributed by atoms with Gasteiger partial charge in [-0.1, -0.05) is 0 Å². The number of hydrazine groups is 1. The highest BCUT2D eigenvalue weighted by molar-refractivity contribution is 7.90. The second-order valence-corrected chi connectivity index (χ2v) is 6.42. The Labute approximate surface area is 112 Å². The standard InChI is InChI=1S/C10H19N5O3S/c1-15(4-5-19(3,16)17)10-6-8(14-11)12-9(13-10)7-18-2/h6H,4-5,7,11H2,1-3H3,(H,12,13,14). The summed E-state index contributed by atoms with van der Waals surface area (Å²) in [6.45, 7) is 0.592. The molecule has 8 nitrogen and oxygen atoms in total. The number of nitrogens with zero attached hydrogens (tertiary/aromatic N) is 3. The highest BCUT2D eigenvalue weighted by atomic mass is 32.2. The summed E-state index contributed by atoms with van der Waals surface area (Å²) >= 11 is 0. The molecule has 0 amide bonds. The molecule has 1 aromatic rings. The molecular formula is C10H19N5O3S. The van der Waals surface area contributed by atoms with Gasteiger partial charge in [0.05, 0.1) is 5.75 Å². The number of hydrogen-bond donors (Lipinski definition) is 2. The smallest absolute Gasteiger partial charge is 0.158 e. The zero-order chi connectivity index (χ0) is 14.5. The van der Waals surface area contributed by atoms with Crippen LogP contribution < -0.4 is 16.2 Å². The molecule has 0 bridgehead atoms. The van der Waals surface area contributed by atoms with Crippen LogP contribution in [0.2, 0.25) is 0 Å². The molecular weight excluding hydrogens is 270 g/mol. The molecule has 0 atom stereocenters. The van der Waals surface area contributed by atoms with Crippen molar-refractivity contribution in [1.29, 1.82) is 0 Å². The summed E-state index contributed by atoms with van der Waals surface area (Å²) < 4.78 is 27.3. The van der Waals surface area contributed by atoms with E-state index in [0.717, 1.165) is 0 Å². The number of nitrogens with two attached hydrogens (primary N) is 1. The minimum absolute atomic E-state index is 0.0541. The van der Waals surface area contributed by atoms with E-state index >= 15 is 0 Å². The first-order valence-corrected chi connectivity index (χ1v) is 7.64. The minimum atomic E-state index is -3.01. The normalized spacial score (nSPS) is 11.4. The quantitative estimate of drug-likeness (QED) is 0.505.